The number of anilines is 1. The average molecular weight is 455 g/mol. The lowest BCUT2D eigenvalue weighted by atomic mass is 10.2. The lowest BCUT2D eigenvalue weighted by Crippen LogP contribution is -2.35. The summed E-state index contributed by atoms with van der Waals surface area (Å²) in [5, 5.41) is 4.37. The number of carbonyl (C=O) groups excluding carboxylic acids is 1. The molecule has 6 nitrogen and oxygen atoms in total. The van der Waals surface area contributed by atoms with Crippen LogP contribution in [-0.4, -0.2) is 53.9 Å². The molecule has 1 fully saturated rings. The van der Waals surface area contributed by atoms with E-state index in [9.17, 15) is 4.79 Å². The van der Waals surface area contributed by atoms with Crippen LogP contribution in [0.2, 0.25) is 0 Å². The minimum absolute atomic E-state index is 0.0324. The average Bonchev–Trinajstić information content (AvgIpc) is 3.12. The smallest absolute Gasteiger partial charge is 0.257 e. The van der Waals surface area contributed by atoms with E-state index in [0.29, 0.717) is 12.1 Å². The van der Waals surface area contributed by atoms with E-state index in [0.717, 1.165) is 47.7 Å². The highest BCUT2D eigenvalue weighted by molar-refractivity contribution is 9.10. The molecule has 3 aromatic rings. The Kier molecular flexibility index (Phi) is 5.85. The van der Waals surface area contributed by atoms with Crippen LogP contribution in [0.25, 0.3) is 5.69 Å². The molecule has 0 aliphatic carbocycles. The van der Waals surface area contributed by atoms with Gasteiger partial charge >= 0.3 is 0 Å². The van der Waals surface area contributed by atoms with Crippen molar-refractivity contribution in [3.63, 3.8) is 0 Å². The van der Waals surface area contributed by atoms with Gasteiger partial charge in [0.25, 0.3) is 5.91 Å². The molecule has 0 bridgehead atoms. The van der Waals surface area contributed by atoms with Crippen molar-refractivity contribution in [2.24, 2.45) is 0 Å². The van der Waals surface area contributed by atoms with Crippen LogP contribution in [0.5, 0.6) is 5.75 Å². The number of amides is 1. The molecular weight excluding hydrogens is 432 g/mol. The van der Waals surface area contributed by atoms with E-state index in [2.05, 4.69) is 38.1 Å². The highest BCUT2D eigenvalue weighted by Gasteiger charge is 2.21. The quantitative estimate of drug-likeness (QED) is 0.597. The normalized spacial score (nSPS) is 14.6. The molecule has 1 aliphatic heterocycles. The number of carbonyl (C=O) groups is 1. The molecular formula is C22H23BrN4O2. The molecule has 2 heterocycles. The molecule has 0 atom stereocenters. The fraction of sp³-hybridized carbons (Fsp3) is 0.273. The van der Waals surface area contributed by atoms with Crippen LogP contribution in [-0.2, 0) is 0 Å². The fourth-order valence-corrected chi connectivity index (χ4v) is 3.79. The number of nitrogens with zero attached hydrogens (tertiary/aromatic N) is 4. The summed E-state index contributed by atoms with van der Waals surface area (Å²) in [5.41, 5.74) is 2.70. The first kappa shape index (κ1) is 19.5. The third kappa shape index (κ3) is 4.45. The Bertz CT molecular complexity index is 969. The maximum atomic E-state index is 13.0. The zero-order valence-corrected chi connectivity index (χ0v) is 17.9. The monoisotopic (exact) mass is 454 g/mol. The van der Waals surface area contributed by atoms with Gasteiger partial charge in [-0.3, -0.25) is 4.79 Å². The summed E-state index contributed by atoms with van der Waals surface area (Å²) >= 11 is 3.43. The van der Waals surface area contributed by atoms with E-state index >= 15 is 0 Å². The van der Waals surface area contributed by atoms with Crippen molar-refractivity contribution in [1.29, 1.82) is 0 Å². The molecule has 0 saturated carbocycles. The van der Waals surface area contributed by atoms with Crippen molar-refractivity contribution in [3.05, 3.63) is 71.0 Å². The molecule has 1 saturated heterocycles. The number of rotatable bonds is 4. The van der Waals surface area contributed by atoms with E-state index in [1.165, 1.54) is 0 Å². The van der Waals surface area contributed by atoms with Gasteiger partial charge in [0.1, 0.15) is 5.75 Å². The summed E-state index contributed by atoms with van der Waals surface area (Å²) in [6.45, 7) is 3.16. The van der Waals surface area contributed by atoms with Crippen LogP contribution in [0.3, 0.4) is 0 Å². The number of methoxy groups -OCH3 is 1. The lowest BCUT2D eigenvalue weighted by molar-refractivity contribution is 0.0767. The lowest BCUT2D eigenvalue weighted by Gasteiger charge is -2.23. The van der Waals surface area contributed by atoms with Gasteiger partial charge in [-0.05, 0) is 55.0 Å². The maximum Gasteiger partial charge on any atom is 0.257 e. The van der Waals surface area contributed by atoms with Crippen molar-refractivity contribution in [3.8, 4) is 11.4 Å². The van der Waals surface area contributed by atoms with Crippen molar-refractivity contribution in [2.75, 3.05) is 38.2 Å². The van der Waals surface area contributed by atoms with Crippen LogP contribution in [0.15, 0.2) is 65.4 Å². The standard InChI is InChI=1S/C22H23BrN4O2/c1-29-21-9-7-19(8-10-21)25-11-2-12-26(14-13-25)22(28)17-15-24-27(16-17)20-5-3-18(23)4-6-20/h3-10,15-16H,2,11-14H2,1H3. The van der Waals surface area contributed by atoms with E-state index in [1.54, 1.807) is 24.2 Å². The maximum absolute atomic E-state index is 13.0. The van der Waals surface area contributed by atoms with Gasteiger partial charge in [-0.2, -0.15) is 5.10 Å². The zero-order chi connectivity index (χ0) is 20.2. The molecule has 1 aromatic heterocycles. The van der Waals surface area contributed by atoms with Gasteiger partial charge in [0.15, 0.2) is 0 Å². The minimum atomic E-state index is 0.0324. The first-order valence-electron chi connectivity index (χ1n) is 9.63. The summed E-state index contributed by atoms with van der Waals surface area (Å²) in [5.74, 6) is 0.883. The summed E-state index contributed by atoms with van der Waals surface area (Å²) in [6, 6.07) is 15.9. The number of hydrogen-bond donors (Lipinski definition) is 0. The summed E-state index contributed by atoms with van der Waals surface area (Å²) in [6.07, 6.45) is 4.38. The van der Waals surface area contributed by atoms with Crippen LogP contribution >= 0.6 is 15.9 Å². The van der Waals surface area contributed by atoms with Gasteiger partial charge in [0.05, 0.1) is 24.6 Å². The fourth-order valence-electron chi connectivity index (χ4n) is 3.52. The van der Waals surface area contributed by atoms with Crippen molar-refractivity contribution < 1.29 is 9.53 Å². The Morgan fingerprint density at radius 2 is 1.69 bits per heavy atom. The summed E-state index contributed by atoms with van der Waals surface area (Å²) in [7, 11) is 1.67. The predicted molar refractivity (Wildman–Crippen MR) is 117 cm³/mol. The summed E-state index contributed by atoms with van der Waals surface area (Å²) < 4.78 is 7.98. The zero-order valence-electron chi connectivity index (χ0n) is 16.3. The SMILES string of the molecule is COc1ccc(N2CCCN(C(=O)c3cnn(-c4ccc(Br)cc4)c3)CC2)cc1. The molecule has 150 valence electrons. The third-order valence-corrected chi connectivity index (χ3v) is 5.67. The number of benzene rings is 2. The molecule has 4 rings (SSSR count). The Labute approximate surface area is 178 Å². The van der Waals surface area contributed by atoms with Crippen LogP contribution in [0, 0.1) is 0 Å². The topological polar surface area (TPSA) is 50.6 Å². The summed E-state index contributed by atoms with van der Waals surface area (Å²) in [4.78, 5) is 17.2. The van der Waals surface area contributed by atoms with Gasteiger partial charge in [-0.1, -0.05) is 15.9 Å². The van der Waals surface area contributed by atoms with E-state index in [-0.39, 0.29) is 5.91 Å². The highest BCUT2D eigenvalue weighted by atomic mass is 79.9. The second kappa shape index (κ2) is 8.69. The van der Waals surface area contributed by atoms with Gasteiger partial charge in [0.2, 0.25) is 0 Å². The first-order chi connectivity index (χ1) is 14.1. The van der Waals surface area contributed by atoms with Gasteiger partial charge < -0.3 is 14.5 Å². The Hall–Kier alpha value is -2.80. The molecule has 1 aliphatic rings. The van der Waals surface area contributed by atoms with E-state index in [1.807, 2.05) is 41.3 Å². The van der Waals surface area contributed by atoms with Crippen molar-refractivity contribution >= 4 is 27.5 Å². The van der Waals surface area contributed by atoms with Crippen molar-refractivity contribution in [1.82, 2.24) is 14.7 Å². The van der Waals surface area contributed by atoms with E-state index in [4.69, 9.17) is 4.74 Å². The number of hydrogen-bond acceptors (Lipinski definition) is 4. The molecule has 7 heteroatoms. The van der Waals surface area contributed by atoms with Gasteiger partial charge in [-0.25, -0.2) is 4.68 Å². The number of halogens is 1. The molecule has 29 heavy (non-hydrogen) atoms. The molecule has 0 N–H and O–H groups in total. The number of aromatic nitrogens is 2. The van der Waals surface area contributed by atoms with Crippen LogP contribution < -0.4 is 9.64 Å². The van der Waals surface area contributed by atoms with Gasteiger partial charge in [-0.15, -0.1) is 0 Å². The predicted octanol–water partition coefficient (Wildman–Crippen LogP) is 4.00. The Morgan fingerprint density at radius 1 is 0.966 bits per heavy atom. The molecule has 2 aromatic carbocycles. The minimum Gasteiger partial charge on any atom is -0.497 e. The van der Waals surface area contributed by atoms with Gasteiger partial charge in [0, 0.05) is 42.5 Å². The number of ether oxygens (including phenoxy) is 1. The Morgan fingerprint density at radius 3 is 2.41 bits per heavy atom. The molecule has 0 unspecified atom stereocenters. The van der Waals surface area contributed by atoms with E-state index < -0.39 is 0 Å². The highest BCUT2D eigenvalue weighted by Crippen LogP contribution is 2.21. The third-order valence-electron chi connectivity index (χ3n) is 5.14. The van der Waals surface area contributed by atoms with Crippen LogP contribution in [0.4, 0.5) is 5.69 Å². The van der Waals surface area contributed by atoms with Crippen molar-refractivity contribution in [2.45, 2.75) is 6.42 Å². The molecule has 1 amide bonds. The second-order valence-corrected chi connectivity index (χ2v) is 7.90. The molecule has 0 spiro atoms. The second-order valence-electron chi connectivity index (χ2n) is 6.98. The first-order valence-corrected chi connectivity index (χ1v) is 10.4. The largest absolute Gasteiger partial charge is 0.497 e. The molecule has 0 radical (unpaired) electrons. The van der Waals surface area contributed by atoms with Crippen LogP contribution in [0.1, 0.15) is 16.8 Å². The Balaban J connectivity index is 1.42.